The molecule has 0 saturated heterocycles. The molecule has 0 aliphatic heterocycles. The van der Waals surface area contributed by atoms with E-state index in [-0.39, 0.29) is 47.9 Å². The van der Waals surface area contributed by atoms with Gasteiger partial charge in [0.25, 0.3) is 0 Å². The quantitative estimate of drug-likeness (QED) is 0.0846. The van der Waals surface area contributed by atoms with Crippen LogP contribution in [0.15, 0.2) is 59.1 Å². The summed E-state index contributed by atoms with van der Waals surface area (Å²) in [6.07, 6.45) is 7.85. The van der Waals surface area contributed by atoms with Gasteiger partial charge in [0.2, 0.25) is 0 Å². The number of hydrogen-bond donors (Lipinski definition) is 1. The molecule has 4 heterocycles. The summed E-state index contributed by atoms with van der Waals surface area (Å²) in [6.45, 7) is 23.6. The Labute approximate surface area is 330 Å². The van der Waals surface area contributed by atoms with Gasteiger partial charge in [-0.25, -0.2) is 0 Å². The molecule has 51 heavy (non-hydrogen) atoms. The second kappa shape index (κ2) is 16.3. The van der Waals surface area contributed by atoms with Crippen molar-refractivity contribution in [1.29, 1.82) is 0 Å². The van der Waals surface area contributed by atoms with Gasteiger partial charge in [-0.3, -0.25) is 9.78 Å². The molecule has 0 amide bonds. The number of nitrogens with zero attached hydrogens (tertiary/aromatic N) is 1. The van der Waals surface area contributed by atoms with Crippen molar-refractivity contribution in [3.8, 4) is 11.3 Å². The second-order valence-electron chi connectivity index (χ2n) is 15.8. The van der Waals surface area contributed by atoms with Crippen molar-refractivity contribution in [2.75, 3.05) is 0 Å². The van der Waals surface area contributed by atoms with Crippen molar-refractivity contribution in [3.05, 3.63) is 76.3 Å². The normalized spacial score (nSPS) is 12.9. The third-order valence-corrected chi connectivity index (χ3v) is 14.1. The molecule has 6 aromatic rings. The Morgan fingerprint density at radius 2 is 1.53 bits per heavy atom. The Morgan fingerprint density at radius 1 is 0.882 bits per heavy atom. The maximum absolute atomic E-state index is 12.2. The zero-order valence-electron chi connectivity index (χ0n) is 32.2. The Kier molecular flexibility index (Phi) is 13.2. The molecule has 0 bridgehead atoms. The first-order chi connectivity index (χ1) is 23.6. The summed E-state index contributed by atoms with van der Waals surface area (Å²) < 4.78 is 5.40. The first kappa shape index (κ1) is 41.3. The number of fused-ring (bicyclic) bond motifs is 6. The second-order valence-corrected chi connectivity index (χ2v) is 18.6. The van der Waals surface area contributed by atoms with Crippen LogP contribution in [-0.2, 0) is 36.7 Å². The van der Waals surface area contributed by atoms with Crippen LogP contribution in [0.3, 0.4) is 0 Å². The molecule has 0 spiro atoms. The predicted octanol–water partition coefficient (Wildman–Crippen LogP) is 14.5. The van der Waals surface area contributed by atoms with Crippen LogP contribution in [0, 0.1) is 22.8 Å². The number of ketones is 1. The summed E-state index contributed by atoms with van der Waals surface area (Å²) >= 11 is 5.59. The predicted molar refractivity (Wildman–Crippen MR) is 223 cm³/mol. The minimum atomic E-state index is -0.337. The molecular weight excluding hydrogens is 863 g/mol. The van der Waals surface area contributed by atoms with E-state index in [1.165, 1.54) is 57.5 Å². The van der Waals surface area contributed by atoms with Gasteiger partial charge < -0.3 is 5.11 Å². The Morgan fingerprint density at radius 3 is 2.14 bits per heavy atom. The largest absolute Gasteiger partial charge is 0.512 e. The average molecular weight is 917 g/mol. The minimum absolute atomic E-state index is 0. The van der Waals surface area contributed by atoms with Crippen LogP contribution in [0.2, 0.25) is 0 Å². The molecule has 3 nitrogen and oxygen atoms in total. The molecule has 4 aromatic heterocycles. The fourth-order valence-corrected chi connectivity index (χ4v) is 10.0. The number of rotatable bonds is 10. The van der Waals surface area contributed by atoms with Crippen LogP contribution in [-0.4, -0.2) is 15.9 Å². The molecule has 1 N–H and O–H groups in total. The molecule has 0 saturated carbocycles. The first-order valence-corrected chi connectivity index (χ1v) is 20.8. The molecule has 6 rings (SSSR count). The fraction of sp³-hybridized carbons (Fsp3) is 0.455. The monoisotopic (exact) mass is 917 g/mol. The van der Waals surface area contributed by atoms with E-state index in [0.29, 0.717) is 5.92 Å². The smallest absolute Gasteiger partial charge is 0.164 e. The van der Waals surface area contributed by atoms with E-state index in [2.05, 4.69) is 81.8 Å². The summed E-state index contributed by atoms with van der Waals surface area (Å²) in [5, 5.41) is 20.0. The Hall–Kier alpha value is -2.41. The van der Waals surface area contributed by atoms with Crippen molar-refractivity contribution in [3.63, 3.8) is 0 Å². The molecule has 7 heteroatoms. The summed E-state index contributed by atoms with van der Waals surface area (Å²) in [5.74, 6) is 0.932. The maximum Gasteiger partial charge on any atom is 0.164 e. The zero-order chi connectivity index (χ0) is 36.6. The SMILES string of the molecule is CC(C)Cc1csc2ccc3c4ccnc(-c5[c-]c6ccsc6c(C(C)(C)C)c5)c4sc3c12.CCC(C)(CC)C(=O)/C=C(\O)C(C)(CC)CC.[Ir]. The Balaban J connectivity index is 0.000000279. The zero-order valence-corrected chi connectivity index (χ0v) is 37.0. The number of thiophene rings is 3. The van der Waals surface area contributed by atoms with Gasteiger partial charge in [-0.15, -0.1) is 46.3 Å². The van der Waals surface area contributed by atoms with Crippen LogP contribution < -0.4 is 0 Å². The number of benzene rings is 2. The van der Waals surface area contributed by atoms with Crippen LogP contribution >= 0.6 is 34.0 Å². The van der Waals surface area contributed by atoms with E-state index < -0.39 is 0 Å². The molecule has 2 aromatic carbocycles. The van der Waals surface area contributed by atoms with Crippen LogP contribution in [0.5, 0.6) is 0 Å². The minimum Gasteiger partial charge on any atom is -0.512 e. The number of pyridine rings is 1. The van der Waals surface area contributed by atoms with Gasteiger partial charge in [0, 0.05) is 73.8 Å². The fourth-order valence-electron chi connectivity index (χ4n) is 6.50. The van der Waals surface area contributed by atoms with Crippen molar-refractivity contribution < 1.29 is 30.0 Å². The van der Waals surface area contributed by atoms with Crippen molar-refractivity contribution >= 4 is 80.1 Å². The van der Waals surface area contributed by atoms with Gasteiger partial charge in [0.1, 0.15) is 5.76 Å². The third kappa shape index (κ3) is 8.24. The number of aliphatic hydroxyl groups excluding tert-OH is 1. The van der Waals surface area contributed by atoms with Gasteiger partial charge >= 0.3 is 0 Å². The molecule has 275 valence electrons. The number of aromatic nitrogens is 1. The first-order valence-electron chi connectivity index (χ1n) is 18.2. The summed E-state index contributed by atoms with van der Waals surface area (Å²) in [6, 6.07) is 15.0. The molecule has 1 radical (unpaired) electrons. The van der Waals surface area contributed by atoms with Crippen molar-refractivity contribution in [1.82, 2.24) is 4.98 Å². The van der Waals surface area contributed by atoms with Crippen molar-refractivity contribution in [2.24, 2.45) is 16.7 Å². The maximum atomic E-state index is 12.2. The van der Waals surface area contributed by atoms with E-state index in [9.17, 15) is 9.90 Å². The standard InChI is InChI=1S/C29H26NS3.C15H28O2.Ir/c1-16(2)12-19-15-32-23-7-6-20-21-8-10-30-25(28(21)33-27(20)24(19)23)18-13-17-9-11-31-26(17)22(14-18)29(3,4)5;1-7-14(5,8-2)12(16)11-13(17)15(6,9-3)10-4;/h6-11,14-16H,12H2,1-5H3;11,16H,7-10H2,1-6H3;/q-1;;/b;12-11-;. The Bertz CT molecular complexity index is 2170. The number of hydrogen-bond acceptors (Lipinski definition) is 6. The average Bonchev–Trinajstić information content (AvgIpc) is 3.83. The van der Waals surface area contributed by atoms with E-state index in [0.717, 1.165) is 43.4 Å². The van der Waals surface area contributed by atoms with Gasteiger partial charge in [0.05, 0.1) is 0 Å². The number of aliphatic hydroxyl groups is 1. The molecule has 0 atom stereocenters. The van der Waals surface area contributed by atoms with E-state index in [1.54, 1.807) is 0 Å². The van der Waals surface area contributed by atoms with Gasteiger partial charge in [0.15, 0.2) is 5.78 Å². The van der Waals surface area contributed by atoms with Crippen LogP contribution in [0.25, 0.3) is 51.6 Å². The van der Waals surface area contributed by atoms with Crippen molar-refractivity contribution in [2.45, 2.75) is 114 Å². The molecule has 0 aliphatic rings. The van der Waals surface area contributed by atoms with Gasteiger partial charge in [-0.1, -0.05) is 93.4 Å². The van der Waals surface area contributed by atoms with E-state index in [4.69, 9.17) is 4.98 Å². The number of carbonyl (C=O) groups is 1. The number of carbonyl (C=O) groups excluding carboxylic acids is 1. The number of allylic oxidation sites excluding steroid dienone is 2. The summed E-state index contributed by atoms with van der Waals surface area (Å²) in [4.78, 5) is 17.1. The summed E-state index contributed by atoms with van der Waals surface area (Å²) in [5.41, 5.74) is 4.48. The molecule has 0 unspecified atom stereocenters. The topological polar surface area (TPSA) is 50.2 Å². The van der Waals surface area contributed by atoms with Crippen LogP contribution in [0.1, 0.15) is 113 Å². The molecular formula is C44H54IrNO2S3-. The van der Waals surface area contributed by atoms with Crippen LogP contribution in [0.4, 0.5) is 0 Å². The summed E-state index contributed by atoms with van der Waals surface area (Å²) in [7, 11) is 0. The molecule has 0 aliphatic carbocycles. The van der Waals surface area contributed by atoms with E-state index >= 15 is 0 Å². The van der Waals surface area contributed by atoms with Gasteiger partial charge in [-0.2, -0.15) is 11.3 Å². The van der Waals surface area contributed by atoms with E-state index in [1.807, 2.05) is 81.7 Å². The molecule has 0 fully saturated rings. The third-order valence-electron chi connectivity index (χ3n) is 10.9. The van der Waals surface area contributed by atoms with Gasteiger partial charge in [-0.05, 0) is 82.0 Å².